The van der Waals surface area contributed by atoms with Crippen LogP contribution >= 0.6 is 0 Å². The molecule has 0 bridgehead atoms. The molecule has 0 atom stereocenters. The number of carbonyl (C=O) groups excluding carboxylic acids is 2. The van der Waals surface area contributed by atoms with Crippen LogP contribution in [0.3, 0.4) is 0 Å². The van der Waals surface area contributed by atoms with Gasteiger partial charge in [0, 0.05) is 25.6 Å². The Balaban J connectivity index is 1.51. The topological polar surface area (TPSA) is 95.6 Å². The quantitative estimate of drug-likeness (QED) is 0.633. The van der Waals surface area contributed by atoms with E-state index in [0.717, 1.165) is 28.1 Å². The number of nitrogens with one attached hydrogen (secondary N) is 2. The summed E-state index contributed by atoms with van der Waals surface area (Å²) in [5, 5.41) is 5.22. The van der Waals surface area contributed by atoms with Crippen molar-refractivity contribution in [1.29, 1.82) is 0 Å². The molecule has 33 heavy (non-hydrogen) atoms. The molecule has 1 aliphatic rings. The second-order valence-corrected chi connectivity index (χ2v) is 9.56. The largest absolute Gasteiger partial charge is 0.417 e. The number of sulfonamides is 1. The van der Waals surface area contributed by atoms with Crippen LogP contribution < -0.4 is 10.6 Å². The summed E-state index contributed by atoms with van der Waals surface area (Å²) in [6, 6.07) is 13.3. The van der Waals surface area contributed by atoms with Gasteiger partial charge in [-0.1, -0.05) is 42.5 Å². The van der Waals surface area contributed by atoms with Crippen LogP contribution in [0.4, 0.5) is 13.2 Å². The highest BCUT2D eigenvalue weighted by atomic mass is 32.2. The lowest BCUT2D eigenvalue weighted by Crippen LogP contribution is -2.45. The van der Waals surface area contributed by atoms with Gasteiger partial charge in [0.05, 0.1) is 17.0 Å². The van der Waals surface area contributed by atoms with Gasteiger partial charge in [-0.15, -0.1) is 0 Å². The third-order valence-corrected chi connectivity index (χ3v) is 7.35. The van der Waals surface area contributed by atoms with Crippen molar-refractivity contribution in [1.82, 2.24) is 14.9 Å². The molecule has 1 aliphatic heterocycles. The zero-order valence-corrected chi connectivity index (χ0v) is 18.5. The summed E-state index contributed by atoms with van der Waals surface area (Å²) in [6.45, 7) is -0.0754. The van der Waals surface area contributed by atoms with Crippen LogP contribution in [-0.2, 0) is 32.3 Å². The fraction of sp³-hybridized carbons (Fsp3) is 0.364. The first-order valence-electron chi connectivity index (χ1n) is 10.3. The van der Waals surface area contributed by atoms with E-state index in [2.05, 4.69) is 10.6 Å². The van der Waals surface area contributed by atoms with E-state index in [1.54, 1.807) is 0 Å². The lowest BCUT2D eigenvalue weighted by atomic mass is 9.97. The van der Waals surface area contributed by atoms with Gasteiger partial charge in [-0.05, 0) is 30.5 Å². The van der Waals surface area contributed by atoms with Crippen molar-refractivity contribution in [2.24, 2.45) is 5.92 Å². The van der Waals surface area contributed by atoms with Crippen LogP contribution in [0.25, 0.3) is 0 Å². The monoisotopic (exact) mass is 483 g/mol. The highest BCUT2D eigenvalue weighted by Gasteiger charge is 2.40. The van der Waals surface area contributed by atoms with Crippen molar-refractivity contribution < 1.29 is 31.2 Å². The number of benzene rings is 2. The second kappa shape index (κ2) is 10.3. The van der Waals surface area contributed by atoms with Crippen molar-refractivity contribution in [3.63, 3.8) is 0 Å². The van der Waals surface area contributed by atoms with E-state index in [-0.39, 0.29) is 38.4 Å². The molecule has 1 heterocycles. The third-order valence-electron chi connectivity index (χ3n) is 5.39. The third kappa shape index (κ3) is 6.32. The number of nitrogens with zero attached hydrogens (tertiary/aromatic N) is 1. The van der Waals surface area contributed by atoms with Crippen LogP contribution in [0.15, 0.2) is 59.5 Å². The zero-order valence-electron chi connectivity index (χ0n) is 17.6. The van der Waals surface area contributed by atoms with E-state index in [1.165, 1.54) is 6.07 Å². The van der Waals surface area contributed by atoms with Gasteiger partial charge in [0.2, 0.25) is 21.8 Å². The van der Waals surface area contributed by atoms with Gasteiger partial charge in [0.15, 0.2) is 0 Å². The van der Waals surface area contributed by atoms with Crippen molar-refractivity contribution >= 4 is 21.8 Å². The zero-order chi connectivity index (χ0) is 24.1. The average molecular weight is 484 g/mol. The summed E-state index contributed by atoms with van der Waals surface area (Å²) >= 11 is 0. The molecular formula is C22H24F3N3O4S. The van der Waals surface area contributed by atoms with Gasteiger partial charge in [-0.3, -0.25) is 9.59 Å². The Kier molecular flexibility index (Phi) is 7.75. The normalized spacial score (nSPS) is 15.7. The number of carbonyl (C=O) groups is 2. The van der Waals surface area contributed by atoms with E-state index in [0.29, 0.717) is 6.54 Å². The minimum absolute atomic E-state index is 0.0905. The van der Waals surface area contributed by atoms with Crippen molar-refractivity contribution in [3.8, 4) is 0 Å². The van der Waals surface area contributed by atoms with E-state index >= 15 is 0 Å². The van der Waals surface area contributed by atoms with Crippen LogP contribution in [0.5, 0.6) is 0 Å². The van der Waals surface area contributed by atoms with Gasteiger partial charge in [-0.2, -0.15) is 17.5 Å². The Morgan fingerprint density at radius 1 is 0.939 bits per heavy atom. The van der Waals surface area contributed by atoms with Gasteiger partial charge in [0.25, 0.3) is 0 Å². The standard InChI is InChI=1S/C22H24F3N3O4S/c23-22(24,25)18-8-4-5-9-19(18)33(31,32)28-12-10-17(11-13-28)21(30)27-15-20(29)26-14-16-6-2-1-3-7-16/h1-9,17H,10-15H2,(H,26,29)(H,27,30). The van der Waals surface area contributed by atoms with Crippen LogP contribution in [0.2, 0.25) is 0 Å². The highest BCUT2D eigenvalue weighted by Crippen LogP contribution is 2.36. The maximum absolute atomic E-state index is 13.2. The van der Waals surface area contributed by atoms with Gasteiger partial charge in [-0.25, -0.2) is 8.42 Å². The van der Waals surface area contributed by atoms with E-state index in [4.69, 9.17) is 0 Å². The maximum Gasteiger partial charge on any atom is 0.417 e. The van der Waals surface area contributed by atoms with Crippen molar-refractivity contribution in [3.05, 3.63) is 65.7 Å². The molecule has 3 rings (SSSR count). The van der Waals surface area contributed by atoms with Gasteiger partial charge < -0.3 is 10.6 Å². The van der Waals surface area contributed by atoms with Crippen LogP contribution in [0.1, 0.15) is 24.0 Å². The van der Waals surface area contributed by atoms with Crippen molar-refractivity contribution in [2.45, 2.75) is 30.5 Å². The molecule has 0 saturated carbocycles. The van der Waals surface area contributed by atoms with E-state index in [9.17, 15) is 31.2 Å². The second-order valence-electron chi connectivity index (χ2n) is 7.65. The first-order chi connectivity index (χ1) is 15.6. The molecule has 178 valence electrons. The average Bonchev–Trinajstić information content (AvgIpc) is 2.81. The first-order valence-corrected chi connectivity index (χ1v) is 11.8. The summed E-state index contributed by atoms with van der Waals surface area (Å²) in [5.74, 6) is -1.29. The Morgan fingerprint density at radius 2 is 1.55 bits per heavy atom. The predicted molar refractivity (Wildman–Crippen MR) is 114 cm³/mol. The number of alkyl halides is 3. The van der Waals surface area contributed by atoms with Crippen LogP contribution in [-0.4, -0.2) is 44.2 Å². The minimum Gasteiger partial charge on any atom is -0.350 e. The Labute approximate surface area is 190 Å². The van der Waals surface area contributed by atoms with Gasteiger partial charge in [0.1, 0.15) is 0 Å². The number of hydrogen-bond acceptors (Lipinski definition) is 4. The van der Waals surface area contributed by atoms with E-state index in [1.807, 2.05) is 30.3 Å². The Bertz CT molecular complexity index is 1080. The predicted octanol–water partition coefficient (Wildman–Crippen LogP) is 2.54. The van der Waals surface area contributed by atoms with Crippen LogP contribution in [0, 0.1) is 5.92 Å². The molecule has 1 saturated heterocycles. The molecule has 0 spiro atoms. The molecule has 2 N–H and O–H groups in total. The Morgan fingerprint density at radius 3 is 2.18 bits per heavy atom. The fourth-order valence-corrected chi connectivity index (χ4v) is 5.28. The minimum atomic E-state index is -4.80. The van der Waals surface area contributed by atoms with E-state index < -0.39 is 38.5 Å². The fourth-order valence-electron chi connectivity index (χ4n) is 3.59. The number of hydrogen-bond donors (Lipinski definition) is 2. The summed E-state index contributed by atoms with van der Waals surface area (Å²) in [4.78, 5) is 23.5. The molecule has 1 fully saturated rings. The summed E-state index contributed by atoms with van der Waals surface area (Å²) < 4.78 is 66.3. The molecular weight excluding hydrogens is 459 g/mol. The number of amides is 2. The number of rotatable bonds is 7. The summed E-state index contributed by atoms with van der Waals surface area (Å²) in [5.41, 5.74) is -0.302. The van der Waals surface area contributed by atoms with Crippen molar-refractivity contribution in [2.75, 3.05) is 19.6 Å². The lowest BCUT2D eigenvalue weighted by Gasteiger charge is -2.31. The molecule has 0 radical (unpaired) electrons. The molecule has 0 aliphatic carbocycles. The summed E-state index contributed by atoms with van der Waals surface area (Å²) in [6.07, 6.45) is -4.52. The molecule has 2 aromatic carbocycles. The molecule has 7 nitrogen and oxygen atoms in total. The first kappa shape index (κ1) is 24.7. The molecule has 0 aromatic heterocycles. The smallest absolute Gasteiger partial charge is 0.350 e. The highest BCUT2D eigenvalue weighted by molar-refractivity contribution is 7.89. The molecule has 2 amide bonds. The molecule has 11 heteroatoms. The lowest BCUT2D eigenvalue weighted by molar-refractivity contribution is -0.140. The molecule has 0 unspecified atom stereocenters. The maximum atomic E-state index is 13.2. The Hall–Kier alpha value is -2.92. The number of piperidine rings is 1. The SMILES string of the molecule is O=C(CNC(=O)C1CCN(S(=O)(=O)c2ccccc2C(F)(F)F)CC1)NCc1ccccc1. The number of halogens is 3. The van der Waals surface area contributed by atoms with Gasteiger partial charge >= 0.3 is 6.18 Å². The summed E-state index contributed by atoms with van der Waals surface area (Å²) in [7, 11) is -4.37. The molecule has 2 aromatic rings.